The van der Waals surface area contributed by atoms with Gasteiger partial charge < -0.3 is 5.21 Å². The summed E-state index contributed by atoms with van der Waals surface area (Å²) in [6.07, 6.45) is 3.33. The van der Waals surface area contributed by atoms with Crippen molar-refractivity contribution in [1.82, 2.24) is 9.97 Å². The Labute approximate surface area is 110 Å². The number of oxime groups is 1. The summed E-state index contributed by atoms with van der Waals surface area (Å²) >= 11 is 0. The molecule has 0 aliphatic heterocycles. The van der Waals surface area contributed by atoms with E-state index < -0.39 is 11.3 Å². The molecular formula is C13H17F2N3O. The molecule has 2 rings (SSSR count). The fraction of sp³-hybridized carbons (Fsp3) is 0.615. The second-order valence-corrected chi connectivity index (χ2v) is 5.14. The van der Waals surface area contributed by atoms with Crippen LogP contribution in [-0.2, 0) is 5.41 Å². The van der Waals surface area contributed by atoms with Gasteiger partial charge in [-0.25, -0.2) is 18.7 Å². The van der Waals surface area contributed by atoms with Crippen molar-refractivity contribution in [1.29, 1.82) is 0 Å². The number of nitrogens with zero attached hydrogens (tertiary/aromatic N) is 3. The highest BCUT2D eigenvalue weighted by atomic mass is 19.3. The monoisotopic (exact) mass is 269 g/mol. The van der Waals surface area contributed by atoms with Crippen LogP contribution in [0.5, 0.6) is 0 Å². The first kappa shape index (κ1) is 13.8. The lowest BCUT2D eigenvalue weighted by molar-refractivity contribution is -0.0443. The van der Waals surface area contributed by atoms with Crippen LogP contribution in [0.3, 0.4) is 0 Å². The van der Waals surface area contributed by atoms with Crippen LogP contribution in [0, 0.1) is 6.92 Å². The lowest BCUT2D eigenvalue weighted by Gasteiger charge is -2.39. The van der Waals surface area contributed by atoms with E-state index in [9.17, 15) is 8.78 Å². The summed E-state index contributed by atoms with van der Waals surface area (Å²) in [4.78, 5) is 8.23. The van der Waals surface area contributed by atoms with Crippen molar-refractivity contribution in [2.45, 2.75) is 50.9 Å². The minimum Gasteiger partial charge on any atom is -0.411 e. The minimum absolute atomic E-state index is 0.215. The van der Waals surface area contributed by atoms with Crippen LogP contribution < -0.4 is 0 Å². The maximum atomic E-state index is 13.4. The first-order valence-electron chi connectivity index (χ1n) is 6.26. The predicted molar refractivity (Wildman–Crippen MR) is 66.8 cm³/mol. The van der Waals surface area contributed by atoms with Gasteiger partial charge in [-0.1, -0.05) is 5.16 Å². The molecule has 1 saturated carbocycles. The highest BCUT2D eigenvalue weighted by Gasteiger charge is 2.46. The van der Waals surface area contributed by atoms with Crippen LogP contribution in [0.15, 0.2) is 17.5 Å². The second-order valence-electron chi connectivity index (χ2n) is 5.14. The van der Waals surface area contributed by atoms with E-state index in [-0.39, 0.29) is 25.7 Å². The van der Waals surface area contributed by atoms with Crippen molar-refractivity contribution in [3.63, 3.8) is 0 Å². The van der Waals surface area contributed by atoms with E-state index in [2.05, 4.69) is 15.1 Å². The van der Waals surface area contributed by atoms with Gasteiger partial charge in [-0.3, -0.25) is 0 Å². The average Bonchev–Trinajstić information content (AvgIpc) is 2.39. The molecule has 104 valence electrons. The predicted octanol–water partition coefficient (Wildman–Crippen LogP) is 3.08. The molecular weight excluding hydrogens is 252 g/mol. The smallest absolute Gasteiger partial charge is 0.248 e. The molecule has 0 amide bonds. The Morgan fingerprint density at radius 3 is 2.21 bits per heavy atom. The van der Waals surface area contributed by atoms with Crippen molar-refractivity contribution < 1.29 is 14.0 Å². The molecule has 1 fully saturated rings. The first-order valence-corrected chi connectivity index (χ1v) is 6.26. The van der Waals surface area contributed by atoms with Crippen LogP contribution in [0.1, 0.15) is 44.0 Å². The maximum Gasteiger partial charge on any atom is 0.248 e. The van der Waals surface area contributed by atoms with Gasteiger partial charge in [0.1, 0.15) is 5.82 Å². The standard InChI is InChI=1S/C13H17F2N3O/c1-9(18-19)12(3-5-13(14,15)6-4-12)11-7-16-10(2)17-8-11/h7-8,19H,3-6H2,1-2H3/b18-9-. The Balaban J connectivity index is 2.40. The van der Waals surface area contributed by atoms with Crippen molar-refractivity contribution in [3.05, 3.63) is 23.8 Å². The van der Waals surface area contributed by atoms with Crippen LogP contribution in [0.25, 0.3) is 0 Å². The summed E-state index contributed by atoms with van der Waals surface area (Å²) < 4.78 is 26.7. The van der Waals surface area contributed by atoms with E-state index in [1.165, 1.54) is 0 Å². The van der Waals surface area contributed by atoms with Crippen LogP contribution in [-0.4, -0.2) is 26.8 Å². The maximum absolute atomic E-state index is 13.4. The quantitative estimate of drug-likeness (QED) is 0.510. The summed E-state index contributed by atoms with van der Waals surface area (Å²) in [5.74, 6) is -2.01. The second kappa shape index (κ2) is 4.83. The Morgan fingerprint density at radius 2 is 1.74 bits per heavy atom. The zero-order chi connectivity index (χ0) is 14.1. The normalized spacial score (nSPS) is 22.2. The molecule has 1 aliphatic carbocycles. The molecule has 0 spiro atoms. The Hall–Kier alpha value is -1.59. The van der Waals surface area contributed by atoms with Crippen LogP contribution in [0.4, 0.5) is 8.78 Å². The lowest BCUT2D eigenvalue weighted by atomic mass is 9.66. The van der Waals surface area contributed by atoms with Crippen molar-refractivity contribution in [2.24, 2.45) is 5.16 Å². The van der Waals surface area contributed by atoms with Gasteiger partial charge in [-0.15, -0.1) is 0 Å². The van der Waals surface area contributed by atoms with Gasteiger partial charge in [0, 0.05) is 36.2 Å². The van der Waals surface area contributed by atoms with E-state index in [1.807, 2.05) is 0 Å². The van der Waals surface area contributed by atoms with Gasteiger partial charge in [0.2, 0.25) is 5.92 Å². The SMILES string of the molecule is C/C(=N/O)C1(c2cnc(C)nc2)CCC(F)(F)CC1. The largest absolute Gasteiger partial charge is 0.411 e. The van der Waals surface area contributed by atoms with Gasteiger partial charge in [0.15, 0.2) is 0 Å². The molecule has 4 nitrogen and oxygen atoms in total. The van der Waals surface area contributed by atoms with E-state index in [4.69, 9.17) is 5.21 Å². The lowest BCUT2D eigenvalue weighted by Crippen LogP contribution is -2.42. The summed E-state index contributed by atoms with van der Waals surface area (Å²) in [5.41, 5.74) is 0.503. The molecule has 1 N–H and O–H groups in total. The molecule has 0 saturated heterocycles. The Morgan fingerprint density at radius 1 is 1.21 bits per heavy atom. The molecule has 1 aromatic heterocycles. The molecule has 19 heavy (non-hydrogen) atoms. The van der Waals surface area contributed by atoms with E-state index in [1.54, 1.807) is 26.2 Å². The number of aryl methyl sites for hydroxylation is 1. The fourth-order valence-electron chi connectivity index (χ4n) is 2.64. The zero-order valence-electron chi connectivity index (χ0n) is 11.0. The third-order valence-electron chi connectivity index (χ3n) is 4.01. The molecule has 0 bridgehead atoms. The van der Waals surface area contributed by atoms with Crippen molar-refractivity contribution in [2.75, 3.05) is 0 Å². The summed E-state index contributed by atoms with van der Waals surface area (Å²) in [5, 5.41) is 12.3. The van der Waals surface area contributed by atoms with Gasteiger partial charge in [-0.2, -0.15) is 0 Å². The summed E-state index contributed by atoms with van der Waals surface area (Å²) in [6, 6.07) is 0. The van der Waals surface area contributed by atoms with E-state index in [0.29, 0.717) is 11.5 Å². The fourth-order valence-corrected chi connectivity index (χ4v) is 2.64. The highest BCUT2D eigenvalue weighted by molar-refractivity contribution is 5.92. The number of hydrogen-bond donors (Lipinski definition) is 1. The number of alkyl halides is 2. The van der Waals surface area contributed by atoms with Gasteiger partial charge in [-0.05, 0) is 26.7 Å². The van der Waals surface area contributed by atoms with Crippen LogP contribution >= 0.6 is 0 Å². The molecule has 0 unspecified atom stereocenters. The highest BCUT2D eigenvalue weighted by Crippen LogP contribution is 2.46. The molecule has 0 radical (unpaired) electrons. The number of halogens is 2. The first-order chi connectivity index (χ1) is 8.89. The van der Waals surface area contributed by atoms with Gasteiger partial charge in [0.05, 0.1) is 5.71 Å². The topological polar surface area (TPSA) is 58.4 Å². The average molecular weight is 269 g/mol. The van der Waals surface area contributed by atoms with Crippen LogP contribution in [0.2, 0.25) is 0 Å². The molecule has 1 aromatic rings. The van der Waals surface area contributed by atoms with Crippen molar-refractivity contribution in [3.8, 4) is 0 Å². The number of hydrogen-bond acceptors (Lipinski definition) is 4. The molecule has 0 aromatic carbocycles. The minimum atomic E-state index is -2.63. The third-order valence-corrected chi connectivity index (χ3v) is 4.01. The molecule has 1 aliphatic rings. The van der Waals surface area contributed by atoms with Gasteiger partial charge >= 0.3 is 0 Å². The van der Waals surface area contributed by atoms with Gasteiger partial charge in [0.25, 0.3) is 0 Å². The number of rotatable bonds is 2. The Bertz CT molecular complexity index is 475. The van der Waals surface area contributed by atoms with E-state index in [0.717, 1.165) is 5.56 Å². The third kappa shape index (κ3) is 2.57. The summed E-state index contributed by atoms with van der Waals surface area (Å²) in [7, 11) is 0. The Kier molecular flexibility index (Phi) is 3.52. The molecule has 1 heterocycles. The molecule has 0 atom stereocenters. The van der Waals surface area contributed by atoms with Crippen molar-refractivity contribution >= 4 is 5.71 Å². The zero-order valence-corrected chi connectivity index (χ0v) is 11.0. The number of aromatic nitrogens is 2. The summed E-state index contributed by atoms with van der Waals surface area (Å²) in [6.45, 7) is 3.42. The van der Waals surface area contributed by atoms with E-state index >= 15 is 0 Å². The molecule has 6 heteroatoms.